The molecule has 0 spiro atoms. The van der Waals surface area contributed by atoms with Crippen LogP contribution in [0.4, 0.5) is 11.5 Å². The molecule has 0 saturated carbocycles. The lowest BCUT2D eigenvalue weighted by Crippen LogP contribution is -2.29. The summed E-state index contributed by atoms with van der Waals surface area (Å²) in [6.07, 6.45) is 4.32. The summed E-state index contributed by atoms with van der Waals surface area (Å²) in [7, 11) is 0. The second-order valence-electron chi connectivity index (χ2n) is 3.95. The van der Waals surface area contributed by atoms with Crippen LogP contribution in [0, 0.1) is 0 Å². The Morgan fingerprint density at radius 1 is 1.67 bits per heavy atom. The summed E-state index contributed by atoms with van der Waals surface area (Å²) in [5.74, 6) is 0.541. The average molecular weight is 207 g/mol. The van der Waals surface area contributed by atoms with E-state index >= 15 is 0 Å². The molecule has 15 heavy (non-hydrogen) atoms. The van der Waals surface area contributed by atoms with Gasteiger partial charge in [-0.2, -0.15) is 0 Å². The molecule has 1 aromatic heterocycles. The summed E-state index contributed by atoms with van der Waals surface area (Å²) in [5.41, 5.74) is 6.61. The number of anilines is 2. The van der Waals surface area contributed by atoms with Crippen LogP contribution in [-0.4, -0.2) is 23.7 Å². The van der Waals surface area contributed by atoms with Crippen molar-refractivity contribution in [3.05, 3.63) is 18.3 Å². The van der Waals surface area contributed by atoms with Gasteiger partial charge < -0.3 is 15.8 Å². The monoisotopic (exact) mass is 207 g/mol. The molecule has 4 heteroatoms. The van der Waals surface area contributed by atoms with Crippen LogP contribution in [0.3, 0.4) is 0 Å². The highest BCUT2D eigenvalue weighted by molar-refractivity contribution is 5.50. The van der Waals surface area contributed by atoms with E-state index in [1.807, 2.05) is 12.1 Å². The molecule has 2 rings (SSSR count). The number of nitrogens with zero attached hydrogens (tertiary/aromatic N) is 1. The predicted molar refractivity (Wildman–Crippen MR) is 60.7 cm³/mol. The van der Waals surface area contributed by atoms with Crippen LogP contribution in [0.25, 0.3) is 0 Å². The van der Waals surface area contributed by atoms with Gasteiger partial charge >= 0.3 is 0 Å². The standard InChI is InChI=1S/C11H17N3O/c1-8(10-3-2-6-15-10)14-9-4-5-13-11(12)7-9/h4-5,7-8,10H,2-3,6H2,1H3,(H3,12,13,14). The van der Waals surface area contributed by atoms with Crippen LogP contribution in [0.2, 0.25) is 0 Å². The first-order valence-corrected chi connectivity index (χ1v) is 5.35. The van der Waals surface area contributed by atoms with Gasteiger partial charge in [-0.1, -0.05) is 0 Å². The Hall–Kier alpha value is -1.29. The normalized spacial score (nSPS) is 22.6. The van der Waals surface area contributed by atoms with Gasteiger partial charge in [0.25, 0.3) is 0 Å². The Kier molecular flexibility index (Phi) is 3.06. The maximum absolute atomic E-state index is 5.61. The van der Waals surface area contributed by atoms with Gasteiger partial charge in [-0.05, 0) is 25.8 Å². The summed E-state index contributed by atoms with van der Waals surface area (Å²) in [5, 5.41) is 3.38. The van der Waals surface area contributed by atoms with Gasteiger partial charge in [-0.25, -0.2) is 4.98 Å². The first kappa shape index (κ1) is 10.2. The molecule has 0 amide bonds. The lowest BCUT2D eigenvalue weighted by Gasteiger charge is -2.21. The SMILES string of the molecule is CC(Nc1ccnc(N)c1)C1CCCO1. The van der Waals surface area contributed by atoms with Crippen LogP contribution in [0.15, 0.2) is 18.3 Å². The fourth-order valence-corrected chi connectivity index (χ4v) is 1.89. The zero-order valence-electron chi connectivity index (χ0n) is 8.94. The van der Waals surface area contributed by atoms with Crippen molar-refractivity contribution in [1.29, 1.82) is 0 Å². The second-order valence-corrected chi connectivity index (χ2v) is 3.95. The molecule has 0 aliphatic carbocycles. The van der Waals surface area contributed by atoms with Gasteiger partial charge in [-0.3, -0.25) is 0 Å². The predicted octanol–water partition coefficient (Wildman–Crippen LogP) is 1.64. The Bertz CT molecular complexity index is 323. The molecule has 0 radical (unpaired) electrons. The summed E-state index contributed by atoms with van der Waals surface area (Å²) in [6, 6.07) is 4.07. The minimum Gasteiger partial charge on any atom is -0.384 e. The van der Waals surface area contributed by atoms with Crippen molar-refractivity contribution >= 4 is 11.5 Å². The van der Waals surface area contributed by atoms with Crippen LogP contribution in [-0.2, 0) is 4.74 Å². The third kappa shape index (κ3) is 2.59. The molecule has 0 aromatic carbocycles. The molecule has 2 heterocycles. The molecule has 2 unspecified atom stereocenters. The van der Waals surface area contributed by atoms with E-state index in [0.717, 1.165) is 25.1 Å². The fraction of sp³-hybridized carbons (Fsp3) is 0.545. The van der Waals surface area contributed by atoms with Crippen molar-refractivity contribution < 1.29 is 4.74 Å². The Balaban J connectivity index is 1.95. The molecule has 1 aliphatic heterocycles. The Labute approximate surface area is 89.8 Å². The highest BCUT2D eigenvalue weighted by Gasteiger charge is 2.21. The number of hydrogen-bond acceptors (Lipinski definition) is 4. The quantitative estimate of drug-likeness (QED) is 0.791. The van der Waals surface area contributed by atoms with E-state index in [-0.39, 0.29) is 0 Å². The van der Waals surface area contributed by atoms with Gasteiger partial charge in [0.2, 0.25) is 0 Å². The number of hydrogen-bond donors (Lipinski definition) is 2. The Morgan fingerprint density at radius 2 is 2.53 bits per heavy atom. The molecule has 2 atom stereocenters. The largest absolute Gasteiger partial charge is 0.384 e. The van der Waals surface area contributed by atoms with E-state index < -0.39 is 0 Å². The zero-order valence-corrected chi connectivity index (χ0v) is 8.94. The molecular formula is C11H17N3O. The zero-order chi connectivity index (χ0) is 10.7. The molecule has 4 nitrogen and oxygen atoms in total. The number of nitrogen functional groups attached to an aromatic ring is 1. The van der Waals surface area contributed by atoms with Crippen LogP contribution < -0.4 is 11.1 Å². The minimum atomic E-state index is 0.314. The third-order valence-electron chi connectivity index (χ3n) is 2.70. The first-order valence-electron chi connectivity index (χ1n) is 5.35. The molecule has 1 fully saturated rings. The number of pyridine rings is 1. The summed E-state index contributed by atoms with van der Waals surface area (Å²) in [6.45, 7) is 3.02. The lowest BCUT2D eigenvalue weighted by atomic mass is 10.1. The maximum atomic E-state index is 5.61. The highest BCUT2D eigenvalue weighted by atomic mass is 16.5. The molecule has 1 aromatic rings. The molecular weight excluding hydrogens is 190 g/mol. The van der Waals surface area contributed by atoms with Crippen LogP contribution in [0.5, 0.6) is 0 Å². The first-order chi connectivity index (χ1) is 7.25. The summed E-state index contributed by atoms with van der Waals surface area (Å²) < 4.78 is 5.61. The van der Waals surface area contributed by atoms with Crippen molar-refractivity contribution in [1.82, 2.24) is 4.98 Å². The van der Waals surface area contributed by atoms with Gasteiger partial charge in [-0.15, -0.1) is 0 Å². The Morgan fingerprint density at radius 3 is 3.20 bits per heavy atom. The van der Waals surface area contributed by atoms with E-state index in [4.69, 9.17) is 10.5 Å². The molecule has 3 N–H and O–H groups in total. The minimum absolute atomic E-state index is 0.314. The van der Waals surface area contributed by atoms with Gasteiger partial charge in [0.15, 0.2) is 0 Å². The molecule has 1 saturated heterocycles. The van der Waals surface area contributed by atoms with Crippen molar-refractivity contribution in [3.63, 3.8) is 0 Å². The number of nitrogens with one attached hydrogen (secondary N) is 1. The number of nitrogens with two attached hydrogens (primary N) is 1. The third-order valence-corrected chi connectivity index (χ3v) is 2.70. The number of ether oxygens (including phenoxy) is 1. The van der Waals surface area contributed by atoms with Crippen molar-refractivity contribution in [2.24, 2.45) is 0 Å². The van der Waals surface area contributed by atoms with E-state index in [1.165, 1.54) is 0 Å². The van der Waals surface area contributed by atoms with E-state index in [2.05, 4.69) is 17.2 Å². The van der Waals surface area contributed by atoms with Gasteiger partial charge in [0, 0.05) is 30.6 Å². The highest BCUT2D eigenvalue weighted by Crippen LogP contribution is 2.19. The molecule has 0 bridgehead atoms. The van der Waals surface area contributed by atoms with Crippen LogP contribution in [0.1, 0.15) is 19.8 Å². The summed E-state index contributed by atoms with van der Waals surface area (Å²) >= 11 is 0. The van der Waals surface area contributed by atoms with Gasteiger partial charge in [0.05, 0.1) is 6.10 Å². The lowest BCUT2D eigenvalue weighted by molar-refractivity contribution is 0.0996. The smallest absolute Gasteiger partial charge is 0.125 e. The van der Waals surface area contributed by atoms with Crippen molar-refractivity contribution in [2.75, 3.05) is 17.7 Å². The van der Waals surface area contributed by atoms with E-state index in [9.17, 15) is 0 Å². The number of rotatable bonds is 3. The topological polar surface area (TPSA) is 60.2 Å². The average Bonchev–Trinajstić information content (AvgIpc) is 2.70. The maximum Gasteiger partial charge on any atom is 0.125 e. The fourth-order valence-electron chi connectivity index (χ4n) is 1.89. The van der Waals surface area contributed by atoms with E-state index in [0.29, 0.717) is 18.0 Å². The molecule has 82 valence electrons. The van der Waals surface area contributed by atoms with Crippen molar-refractivity contribution in [3.8, 4) is 0 Å². The second kappa shape index (κ2) is 4.49. The van der Waals surface area contributed by atoms with Crippen LogP contribution >= 0.6 is 0 Å². The molecule has 1 aliphatic rings. The number of aromatic nitrogens is 1. The van der Waals surface area contributed by atoms with Gasteiger partial charge in [0.1, 0.15) is 5.82 Å². The van der Waals surface area contributed by atoms with E-state index in [1.54, 1.807) is 6.20 Å². The van der Waals surface area contributed by atoms with Crippen molar-refractivity contribution in [2.45, 2.75) is 31.9 Å². The summed E-state index contributed by atoms with van der Waals surface area (Å²) in [4.78, 5) is 3.95.